The smallest absolute Gasteiger partial charge is 0.335 e. The van der Waals surface area contributed by atoms with Gasteiger partial charge in [0.25, 0.3) is 5.79 Å². The average Bonchev–Trinajstić information content (AvgIpc) is 3.49. The monoisotopic (exact) mass is 601 g/mol. The predicted molar refractivity (Wildman–Crippen MR) is 158 cm³/mol. The lowest BCUT2D eigenvalue weighted by atomic mass is 9.64. The zero-order chi connectivity index (χ0) is 29.3. The molecule has 10 nitrogen and oxygen atoms in total. The topological polar surface area (TPSA) is 111 Å². The van der Waals surface area contributed by atoms with E-state index in [4.69, 9.17) is 30.8 Å². The summed E-state index contributed by atoms with van der Waals surface area (Å²) in [5, 5.41) is 14.0. The lowest BCUT2D eigenvalue weighted by Crippen LogP contribution is -2.70. The summed E-state index contributed by atoms with van der Waals surface area (Å²) in [7, 11) is 0. The van der Waals surface area contributed by atoms with E-state index in [0.29, 0.717) is 29.6 Å². The lowest BCUT2D eigenvalue weighted by Gasteiger charge is -2.59. The van der Waals surface area contributed by atoms with Gasteiger partial charge in [0.1, 0.15) is 11.5 Å². The second-order valence-corrected chi connectivity index (χ2v) is 12.4. The number of nitrogens with one attached hydrogen (secondary N) is 1. The average molecular weight is 602 g/mol. The van der Waals surface area contributed by atoms with Gasteiger partial charge in [-0.05, 0) is 55.7 Å². The van der Waals surface area contributed by atoms with Gasteiger partial charge in [0.2, 0.25) is 0 Å². The van der Waals surface area contributed by atoms with E-state index in [1.165, 1.54) is 0 Å². The lowest BCUT2D eigenvalue weighted by molar-refractivity contribution is -0.0814. The van der Waals surface area contributed by atoms with E-state index in [2.05, 4.69) is 25.8 Å². The Balaban J connectivity index is 1.18. The summed E-state index contributed by atoms with van der Waals surface area (Å²) in [6.45, 7) is 5.56. The summed E-state index contributed by atoms with van der Waals surface area (Å²) in [6, 6.07) is 15.2. The van der Waals surface area contributed by atoms with Crippen molar-refractivity contribution in [2.75, 3.05) is 19.7 Å². The highest BCUT2D eigenvalue weighted by Crippen LogP contribution is 2.56. The Labute approximate surface area is 253 Å². The first-order chi connectivity index (χ1) is 20.8. The summed E-state index contributed by atoms with van der Waals surface area (Å²) in [5.41, 5.74) is 3.27. The number of nitrogens with zero attached hydrogens (tertiary/aromatic N) is 4. The van der Waals surface area contributed by atoms with Crippen LogP contribution in [0.5, 0.6) is 11.5 Å². The number of fused-ring (bicyclic) bond motifs is 3. The van der Waals surface area contributed by atoms with Crippen LogP contribution in [0.2, 0.25) is 5.02 Å². The first-order valence-electron chi connectivity index (χ1n) is 14.8. The standard InChI is InChI=1S/C32H32ClN5O5/c1-31(26-8-6-20(33)16-35-26)42-25-4-2-3-22(29(25)43-31)32-11-9-27(32)34-12-13-37(32)18-28-36-23-7-5-19(30(39)40)15-24(23)38(28)17-21-10-14-41-21/h2-8,15-16,21,27,34H,9-14,17-18H2,1H3,(H,39,40)/t21-,27?,31?,32?/m0/s1. The van der Waals surface area contributed by atoms with Crippen LogP contribution in [0.15, 0.2) is 54.7 Å². The normalized spacial score (nSPS) is 27.9. The molecule has 0 spiro atoms. The van der Waals surface area contributed by atoms with Gasteiger partial charge in [0.15, 0.2) is 11.5 Å². The zero-order valence-electron chi connectivity index (χ0n) is 23.8. The number of carbonyl (C=O) groups is 1. The number of carboxylic acid groups (broad SMARTS) is 1. The van der Waals surface area contributed by atoms with E-state index >= 15 is 0 Å². The molecular weight excluding hydrogens is 570 g/mol. The fraction of sp³-hybridized carbons (Fsp3) is 0.406. The Hall–Kier alpha value is -3.70. The maximum Gasteiger partial charge on any atom is 0.335 e. The molecule has 1 aliphatic carbocycles. The second-order valence-electron chi connectivity index (χ2n) is 12.0. The van der Waals surface area contributed by atoms with Crippen LogP contribution < -0.4 is 14.8 Å². The predicted octanol–water partition coefficient (Wildman–Crippen LogP) is 4.68. The largest absolute Gasteiger partial charge is 0.478 e. The number of hydrogen-bond acceptors (Lipinski definition) is 8. The van der Waals surface area contributed by atoms with E-state index in [-0.39, 0.29) is 23.2 Å². The molecule has 8 rings (SSSR count). The van der Waals surface area contributed by atoms with Crippen molar-refractivity contribution < 1.29 is 24.1 Å². The van der Waals surface area contributed by atoms with Crippen molar-refractivity contribution in [2.45, 2.75) is 62.7 Å². The zero-order valence-corrected chi connectivity index (χ0v) is 24.5. The van der Waals surface area contributed by atoms with Gasteiger partial charge < -0.3 is 29.2 Å². The van der Waals surface area contributed by atoms with Crippen LogP contribution in [0, 0.1) is 0 Å². The first kappa shape index (κ1) is 26.9. The summed E-state index contributed by atoms with van der Waals surface area (Å²) in [5.74, 6) is 0.306. The molecular formula is C32H32ClN5O5. The minimum atomic E-state index is -1.08. The fourth-order valence-electron chi connectivity index (χ4n) is 7.15. The van der Waals surface area contributed by atoms with Gasteiger partial charge in [0.05, 0.1) is 46.4 Å². The van der Waals surface area contributed by atoms with E-state index in [9.17, 15) is 9.90 Å². The quantitative estimate of drug-likeness (QED) is 0.312. The molecule has 4 aromatic rings. The van der Waals surface area contributed by atoms with Gasteiger partial charge in [-0.1, -0.05) is 23.7 Å². The molecule has 1 saturated carbocycles. The van der Waals surface area contributed by atoms with Crippen molar-refractivity contribution in [3.8, 4) is 11.5 Å². The molecule has 2 aromatic carbocycles. The number of ether oxygens (including phenoxy) is 3. The maximum atomic E-state index is 11.8. The number of piperazine rings is 1. The van der Waals surface area contributed by atoms with E-state index < -0.39 is 11.8 Å². The molecule has 5 heterocycles. The molecule has 0 radical (unpaired) electrons. The fourth-order valence-corrected chi connectivity index (χ4v) is 7.26. The third kappa shape index (κ3) is 4.22. The van der Waals surface area contributed by atoms with Crippen LogP contribution in [-0.2, 0) is 29.2 Å². The Kier molecular flexibility index (Phi) is 6.20. The molecule has 222 valence electrons. The van der Waals surface area contributed by atoms with Crippen LogP contribution in [0.4, 0.5) is 0 Å². The number of hydrogen-bond donors (Lipinski definition) is 2. The van der Waals surface area contributed by atoms with Crippen LogP contribution in [0.25, 0.3) is 11.0 Å². The molecule has 2 saturated heterocycles. The maximum absolute atomic E-state index is 11.8. The number of imidazole rings is 1. The van der Waals surface area contributed by atoms with Crippen molar-refractivity contribution >= 4 is 28.6 Å². The van der Waals surface area contributed by atoms with E-state index in [1.54, 1.807) is 30.5 Å². The summed E-state index contributed by atoms with van der Waals surface area (Å²) in [6.07, 6.45) is 4.68. The van der Waals surface area contributed by atoms with Crippen LogP contribution in [0.3, 0.4) is 0 Å². The molecule has 43 heavy (non-hydrogen) atoms. The highest BCUT2D eigenvalue weighted by molar-refractivity contribution is 6.30. The highest BCUT2D eigenvalue weighted by Gasteiger charge is 2.57. The third-order valence-electron chi connectivity index (χ3n) is 9.55. The molecule has 3 fully saturated rings. The minimum Gasteiger partial charge on any atom is -0.478 e. The van der Waals surface area contributed by atoms with Crippen LogP contribution in [-0.4, -0.2) is 62.4 Å². The van der Waals surface area contributed by atoms with Gasteiger partial charge >= 0.3 is 5.97 Å². The Morgan fingerprint density at radius 2 is 2.07 bits per heavy atom. The molecule has 11 heteroatoms. The first-order valence-corrected chi connectivity index (χ1v) is 15.2. The van der Waals surface area contributed by atoms with Crippen molar-refractivity contribution in [3.63, 3.8) is 0 Å². The van der Waals surface area contributed by atoms with Crippen molar-refractivity contribution in [3.05, 3.63) is 82.4 Å². The SMILES string of the molecule is CC1(c2ccc(Cl)cn2)Oc2cccc(C34CCC3NCCN4Cc3nc4ccc(C(=O)O)cc4n3C[C@@H]3CCO3)c2O1. The Morgan fingerprint density at radius 1 is 1.19 bits per heavy atom. The van der Waals surface area contributed by atoms with Gasteiger partial charge in [-0.15, -0.1) is 0 Å². The minimum absolute atomic E-state index is 0.0974. The van der Waals surface area contributed by atoms with E-state index in [1.807, 2.05) is 25.1 Å². The Bertz CT molecular complexity index is 1740. The number of benzene rings is 2. The number of rotatable bonds is 7. The number of aromatic nitrogens is 3. The third-order valence-corrected chi connectivity index (χ3v) is 9.78. The van der Waals surface area contributed by atoms with Gasteiger partial charge in [0, 0.05) is 44.4 Å². The molecule has 3 unspecified atom stereocenters. The molecule has 0 bridgehead atoms. The van der Waals surface area contributed by atoms with Gasteiger partial charge in [-0.25, -0.2) is 9.78 Å². The van der Waals surface area contributed by atoms with Crippen LogP contribution in [0.1, 0.15) is 53.6 Å². The second kappa shape index (κ2) is 9.92. The molecule has 2 N–H and O–H groups in total. The Morgan fingerprint density at radius 3 is 2.79 bits per heavy atom. The van der Waals surface area contributed by atoms with Crippen LogP contribution >= 0.6 is 11.6 Å². The van der Waals surface area contributed by atoms with E-state index in [0.717, 1.165) is 67.1 Å². The molecule has 3 aliphatic heterocycles. The van der Waals surface area contributed by atoms with Crippen molar-refractivity contribution in [1.29, 1.82) is 0 Å². The number of carboxylic acids is 1. The molecule has 4 aliphatic rings. The molecule has 2 aromatic heterocycles. The number of para-hydroxylation sites is 1. The number of aromatic carboxylic acids is 1. The van der Waals surface area contributed by atoms with Gasteiger partial charge in [-0.2, -0.15) is 0 Å². The summed E-state index contributed by atoms with van der Waals surface area (Å²) >= 11 is 6.11. The molecule has 0 amide bonds. The number of pyridine rings is 1. The summed E-state index contributed by atoms with van der Waals surface area (Å²) < 4.78 is 21.0. The number of halogens is 1. The molecule has 4 atom stereocenters. The van der Waals surface area contributed by atoms with Gasteiger partial charge in [-0.3, -0.25) is 9.88 Å². The van der Waals surface area contributed by atoms with Crippen molar-refractivity contribution in [1.82, 2.24) is 24.8 Å². The van der Waals surface area contributed by atoms with Crippen molar-refractivity contribution in [2.24, 2.45) is 0 Å². The highest BCUT2D eigenvalue weighted by atomic mass is 35.5. The summed E-state index contributed by atoms with van der Waals surface area (Å²) in [4.78, 5) is 23.9.